The summed E-state index contributed by atoms with van der Waals surface area (Å²) in [6.07, 6.45) is 2.16. The molecule has 0 spiro atoms. The van der Waals surface area contributed by atoms with E-state index >= 15 is 0 Å². The molecule has 1 aliphatic rings. The maximum atomic E-state index is 12.1. The van der Waals surface area contributed by atoms with Crippen LogP contribution in [0.25, 0.3) is 11.1 Å². The van der Waals surface area contributed by atoms with E-state index < -0.39 is 0 Å². The molecular formula is C20H22BNO2. The van der Waals surface area contributed by atoms with Gasteiger partial charge in [0.1, 0.15) is 6.19 Å². The number of rotatable bonds is 5. The van der Waals surface area contributed by atoms with Crippen molar-refractivity contribution in [2.24, 2.45) is 0 Å². The van der Waals surface area contributed by atoms with Gasteiger partial charge in [-0.05, 0) is 23.1 Å². The van der Waals surface area contributed by atoms with Crippen molar-refractivity contribution >= 4 is 19.5 Å². The van der Waals surface area contributed by atoms with E-state index in [2.05, 4.69) is 50.2 Å². The fraction of sp³-hybridized carbons (Fsp3) is 0.300. The average Bonchev–Trinajstić information content (AvgIpc) is 2.98. The number of carbonyl (C=O) groups is 2. The highest BCUT2D eigenvalue weighted by Gasteiger charge is 2.41. The van der Waals surface area contributed by atoms with E-state index in [1.165, 1.54) is 16.7 Å². The highest BCUT2D eigenvalue weighted by Crippen LogP contribution is 2.37. The lowest BCUT2D eigenvalue weighted by molar-refractivity contribution is -0.125. The Bertz CT molecular complexity index is 725. The molecule has 2 aromatic rings. The maximum Gasteiger partial charge on any atom is 0.313 e. The van der Waals surface area contributed by atoms with Crippen molar-refractivity contribution in [2.75, 3.05) is 0 Å². The minimum absolute atomic E-state index is 0.0674. The van der Waals surface area contributed by atoms with Crippen LogP contribution in [0.1, 0.15) is 32.3 Å². The summed E-state index contributed by atoms with van der Waals surface area (Å²) in [5.41, 5.74) is 3.38. The molecule has 1 unspecified atom stereocenters. The highest BCUT2D eigenvalue weighted by atomic mass is 16.2. The first-order chi connectivity index (χ1) is 11.5. The van der Waals surface area contributed by atoms with Gasteiger partial charge in [0, 0.05) is 17.9 Å². The second-order valence-electron chi connectivity index (χ2n) is 6.93. The molecule has 0 aromatic heterocycles. The van der Waals surface area contributed by atoms with Crippen molar-refractivity contribution in [1.29, 1.82) is 0 Å². The van der Waals surface area contributed by atoms with E-state index in [4.69, 9.17) is 0 Å². The molecule has 1 aliphatic heterocycles. The summed E-state index contributed by atoms with van der Waals surface area (Å²) >= 11 is 0. The van der Waals surface area contributed by atoms with Gasteiger partial charge < -0.3 is 9.61 Å². The Morgan fingerprint density at radius 3 is 2.29 bits per heavy atom. The topological polar surface area (TPSA) is 37.4 Å². The Balaban J connectivity index is 1.87. The highest BCUT2D eigenvalue weighted by molar-refractivity contribution is 6.66. The van der Waals surface area contributed by atoms with E-state index in [9.17, 15) is 9.59 Å². The molecule has 1 amide bonds. The fourth-order valence-electron chi connectivity index (χ4n) is 3.71. The molecule has 1 saturated heterocycles. The normalized spacial score (nSPS) is 17.8. The second kappa shape index (κ2) is 6.64. The lowest BCUT2D eigenvalue weighted by atomic mass is 9.74. The fourth-order valence-corrected chi connectivity index (χ4v) is 3.71. The first-order valence-corrected chi connectivity index (χ1v) is 8.43. The van der Waals surface area contributed by atoms with Gasteiger partial charge in [-0.25, -0.2) is 0 Å². The predicted octanol–water partition coefficient (Wildman–Crippen LogP) is 3.16. The summed E-state index contributed by atoms with van der Waals surface area (Å²) in [7, 11) is 0.190. The van der Waals surface area contributed by atoms with Gasteiger partial charge in [-0.2, -0.15) is 0 Å². The molecule has 0 N–H and O–H groups in total. The lowest BCUT2D eigenvalue weighted by Gasteiger charge is -2.38. The van der Waals surface area contributed by atoms with Crippen LogP contribution in [0, 0.1) is 0 Å². The third kappa shape index (κ3) is 3.01. The summed E-state index contributed by atoms with van der Waals surface area (Å²) in [5, 5.41) is 0. The second-order valence-corrected chi connectivity index (χ2v) is 6.93. The molecule has 0 radical (unpaired) electrons. The predicted molar refractivity (Wildman–Crippen MR) is 98.7 cm³/mol. The van der Waals surface area contributed by atoms with Crippen LogP contribution in [0.4, 0.5) is 0 Å². The van der Waals surface area contributed by atoms with E-state index in [0.717, 1.165) is 12.6 Å². The number of hydrogen-bond donors (Lipinski definition) is 0. The Morgan fingerprint density at radius 2 is 1.67 bits per heavy atom. The van der Waals surface area contributed by atoms with Gasteiger partial charge in [0.2, 0.25) is 5.91 Å². The molecule has 1 heterocycles. The molecule has 1 atom stereocenters. The molecule has 4 heteroatoms. The SMILES string of the molecule is CC(C)(c1ccc(-c2ccccc2)cc1)C1CCC(=O)N1BC=O. The van der Waals surface area contributed by atoms with Crippen molar-refractivity contribution < 1.29 is 9.59 Å². The summed E-state index contributed by atoms with van der Waals surface area (Å²) in [6.45, 7) is 4.32. The standard InChI is InChI=1S/C20H22BNO2/c1-20(2,18-12-13-19(24)22(18)21-14-23)17-10-8-16(9-11-17)15-6-4-3-5-7-15/h3-11,14,18,21H,12-13H2,1-2H3. The molecule has 3 nitrogen and oxygen atoms in total. The van der Waals surface area contributed by atoms with Crippen LogP contribution < -0.4 is 0 Å². The zero-order chi connectivity index (χ0) is 17.2. The van der Waals surface area contributed by atoms with Gasteiger partial charge in [0.15, 0.2) is 0 Å². The van der Waals surface area contributed by atoms with E-state index in [1.807, 2.05) is 18.2 Å². The van der Waals surface area contributed by atoms with Crippen LogP contribution in [-0.2, 0) is 15.0 Å². The molecule has 122 valence electrons. The van der Waals surface area contributed by atoms with Crippen molar-refractivity contribution in [2.45, 2.75) is 38.1 Å². The first kappa shape index (κ1) is 16.5. The van der Waals surface area contributed by atoms with Crippen LogP contribution in [0.15, 0.2) is 54.6 Å². The Kier molecular flexibility index (Phi) is 4.56. The van der Waals surface area contributed by atoms with Gasteiger partial charge >= 0.3 is 7.41 Å². The van der Waals surface area contributed by atoms with Crippen LogP contribution in [0.5, 0.6) is 0 Å². The monoisotopic (exact) mass is 319 g/mol. The van der Waals surface area contributed by atoms with Crippen LogP contribution in [-0.4, -0.2) is 30.4 Å². The summed E-state index contributed by atoms with van der Waals surface area (Å²) in [5.74, 6) is 0.0843. The molecular weight excluding hydrogens is 297 g/mol. The Hall–Kier alpha value is -2.36. The minimum Gasteiger partial charge on any atom is -0.378 e. The maximum absolute atomic E-state index is 12.1. The zero-order valence-corrected chi connectivity index (χ0v) is 14.2. The number of benzene rings is 2. The number of carbonyl (C=O) groups excluding carboxylic acids is 2. The zero-order valence-electron chi connectivity index (χ0n) is 14.2. The van der Waals surface area contributed by atoms with Gasteiger partial charge in [0.25, 0.3) is 0 Å². The lowest BCUT2D eigenvalue weighted by Crippen LogP contribution is -2.47. The third-order valence-corrected chi connectivity index (χ3v) is 5.17. The van der Waals surface area contributed by atoms with Crippen molar-refractivity contribution in [3.8, 4) is 11.1 Å². The van der Waals surface area contributed by atoms with Crippen molar-refractivity contribution in [3.63, 3.8) is 0 Å². The van der Waals surface area contributed by atoms with E-state index in [1.54, 1.807) is 4.81 Å². The van der Waals surface area contributed by atoms with Gasteiger partial charge in [0.05, 0.1) is 0 Å². The molecule has 0 bridgehead atoms. The first-order valence-electron chi connectivity index (χ1n) is 8.43. The van der Waals surface area contributed by atoms with Gasteiger partial charge in [-0.3, -0.25) is 4.79 Å². The molecule has 24 heavy (non-hydrogen) atoms. The Labute approximate surface area is 143 Å². The number of nitrogens with zero attached hydrogens (tertiary/aromatic N) is 1. The van der Waals surface area contributed by atoms with Crippen LogP contribution in [0.3, 0.4) is 0 Å². The van der Waals surface area contributed by atoms with Crippen LogP contribution in [0.2, 0.25) is 0 Å². The molecule has 0 aliphatic carbocycles. The molecule has 2 aromatic carbocycles. The van der Waals surface area contributed by atoms with Gasteiger partial charge in [-0.1, -0.05) is 68.4 Å². The van der Waals surface area contributed by atoms with Crippen molar-refractivity contribution in [1.82, 2.24) is 4.81 Å². The smallest absolute Gasteiger partial charge is 0.313 e. The van der Waals surface area contributed by atoms with Gasteiger partial charge in [-0.15, -0.1) is 0 Å². The average molecular weight is 319 g/mol. The summed E-state index contributed by atoms with van der Waals surface area (Å²) in [4.78, 5) is 24.7. The van der Waals surface area contributed by atoms with E-state index in [0.29, 0.717) is 6.42 Å². The van der Waals surface area contributed by atoms with E-state index in [-0.39, 0.29) is 24.8 Å². The quantitative estimate of drug-likeness (QED) is 0.627. The summed E-state index contributed by atoms with van der Waals surface area (Å²) < 4.78 is 0. The third-order valence-electron chi connectivity index (χ3n) is 5.17. The molecule has 3 rings (SSSR count). The Morgan fingerprint density at radius 1 is 1.04 bits per heavy atom. The summed E-state index contributed by atoms with van der Waals surface area (Å²) in [6, 6.07) is 18.9. The van der Waals surface area contributed by atoms with Crippen molar-refractivity contribution in [3.05, 3.63) is 60.2 Å². The van der Waals surface area contributed by atoms with Crippen LogP contribution >= 0.6 is 0 Å². The molecule has 1 fully saturated rings. The number of amides is 1. The molecule has 0 saturated carbocycles. The minimum atomic E-state index is -0.190. The largest absolute Gasteiger partial charge is 0.378 e. The number of hydrogen-bond acceptors (Lipinski definition) is 2.